The van der Waals surface area contributed by atoms with E-state index >= 15 is 0 Å². The molecule has 2 fully saturated rings. The summed E-state index contributed by atoms with van der Waals surface area (Å²) in [7, 11) is -4.98. The van der Waals surface area contributed by atoms with Crippen molar-refractivity contribution in [1.82, 2.24) is 10.6 Å². The van der Waals surface area contributed by atoms with Crippen molar-refractivity contribution in [3.8, 4) is 0 Å². The van der Waals surface area contributed by atoms with Gasteiger partial charge in [0.1, 0.15) is 29.9 Å². The van der Waals surface area contributed by atoms with E-state index in [-0.39, 0.29) is 18.2 Å². The number of alkyl halides is 3. The second kappa shape index (κ2) is 14.2. The molecule has 0 aromatic rings. The van der Waals surface area contributed by atoms with E-state index in [9.17, 15) is 28.4 Å². The second-order valence-electron chi connectivity index (χ2n) is 9.02. The predicted molar refractivity (Wildman–Crippen MR) is 127 cm³/mol. The minimum absolute atomic E-state index is 0.129. The number of hydrogen-bond donors (Lipinski definition) is 6. The van der Waals surface area contributed by atoms with Crippen molar-refractivity contribution in [3.63, 3.8) is 0 Å². The predicted octanol–water partition coefficient (Wildman–Crippen LogP) is 1.58. The van der Waals surface area contributed by atoms with Crippen molar-refractivity contribution in [1.29, 1.82) is 0 Å². The first kappa shape index (κ1) is 31.1. The third-order valence-electron chi connectivity index (χ3n) is 6.39. The highest BCUT2D eigenvalue weighted by Gasteiger charge is 2.51. The van der Waals surface area contributed by atoms with Gasteiger partial charge in [0.05, 0.1) is 17.5 Å². The van der Waals surface area contributed by atoms with Gasteiger partial charge in [-0.1, -0.05) is 6.42 Å². The number of aliphatic hydroxyl groups excluding tert-OH is 2. The number of thioether (sulfide) groups is 1. The lowest BCUT2D eigenvalue weighted by atomic mass is 9.92. The van der Waals surface area contributed by atoms with Gasteiger partial charge < -0.3 is 35.4 Å². The van der Waals surface area contributed by atoms with Crippen LogP contribution in [-0.2, 0) is 18.6 Å². The number of ether oxygens (including phenoxy) is 1. The molecule has 0 radical (unpaired) electrons. The highest BCUT2D eigenvalue weighted by atomic mass is 35.5. The number of amides is 1. The van der Waals surface area contributed by atoms with Crippen LogP contribution in [0.25, 0.3) is 0 Å². The molecular formula is C20H36ClF2N2O8PS. The molecule has 0 saturated carbocycles. The van der Waals surface area contributed by atoms with Gasteiger partial charge in [-0.2, -0.15) is 0 Å². The maximum atomic E-state index is 13.0. The SMILES string of the molecule is CSC1OC(C(NC(=O)C2CCC(CCCC(F)F)CCN2)C(C)Cl)C(O)C(O)C1OP(=O)(O)O. The number of hydrogen-bond acceptors (Lipinski definition) is 8. The summed E-state index contributed by atoms with van der Waals surface area (Å²) in [5, 5.41) is 26.4. The molecule has 1 amide bonds. The lowest BCUT2D eigenvalue weighted by Gasteiger charge is -2.45. The van der Waals surface area contributed by atoms with E-state index in [0.717, 1.165) is 18.2 Å². The average Bonchev–Trinajstić information content (AvgIpc) is 3.00. The summed E-state index contributed by atoms with van der Waals surface area (Å²) in [5.41, 5.74) is -1.05. The highest BCUT2D eigenvalue weighted by molar-refractivity contribution is 7.99. The lowest BCUT2D eigenvalue weighted by molar-refractivity contribution is -0.201. The van der Waals surface area contributed by atoms with E-state index in [1.807, 2.05) is 0 Å². The lowest BCUT2D eigenvalue weighted by Crippen LogP contribution is -2.65. The Bertz CT molecular complexity index is 723. The third-order valence-corrected chi connectivity index (χ3v) is 8.02. The van der Waals surface area contributed by atoms with Gasteiger partial charge in [-0.3, -0.25) is 9.32 Å². The first-order chi connectivity index (χ1) is 16.3. The molecule has 2 rings (SSSR count). The maximum absolute atomic E-state index is 13.0. The number of carbonyl (C=O) groups is 1. The van der Waals surface area contributed by atoms with E-state index in [1.165, 1.54) is 0 Å². The topological polar surface area (TPSA) is 158 Å². The molecule has 6 N–H and O–H groups in total. The quantitative estimate of drug-likeness (QED) is 0.160. The van der Waals surface area contributed by atoms with Gasteiger partial charge in [0.25, 0.3) is 0 Å². The summed E-state index contributed by atoms with van der Waals surface area (Å²) in [5.74, 6) is -0.135. The van der Waals surface area contributed by atoms with Crippen LogP contribution in [0.5, 0.6) is 0 Å². The van der Waals surface area contributed by atoms with Crippen LogP contribution >= 0.6 is 31.2 Å². The smallest absolute Gasteiger partial charge is 0.388 e. The Kier molecular flexibility index (Phi) is 12.6. The number of phosphoric ester groups is 1. The molecular weight excluding hydrogens is 533 g/mol. The number of rotatable bonds is 11. The van der Waals surface area contributed by atoms with Crippen LogP contribution in [0, 0.1) is 5.92 Å². The summed E-state index contributed by atoms with van der Waals surface area (Å²) in [6.45, 7) is 2.14. The van der Waals surface area contributed by atoms with Gasteiger partial charge in [-0.15, -0.1) is 23.4 Å². The molecule has 9 unspecified atom stereocenters. The standard InChI is InChI=1S/C20H36ClF2N2O8PS/c1-10(21)14(17-15(26)16(27)18(20(32-17)35-2)33-34(29,30)31)25-19(28)12-7-6-11(8-9-24-12)4-3-5-13(22)23/h10-18,20,24,26-27H,3-9H2,1-2H3,(H,25,28)(H2,29,30,31). The van der Waals surface area contributed by atoms with Crippen molar-refractivity contribution >= 4 is 37.1 Å². The molecule has 0 aromatic carbocycles. The summed E-state index contributed by atoms with van der Waals surface area (Å²) >= 11 is 7.33. The van der Waals surface area contributed by atoms with Crippen LogP contribution in [0.3, 0.4) is 0 Å². The largest absolute Gasteiger partial charge is 0.470 e. The number of phosphoric acid groups is 1. The van der Waals surface area contributed by atoms with Crippen LogP contribution in [-0.4, -0.2) is 92.4 Å². The van der Waals surface area contributed by atoms with Crippen molar-refractivity contribution in [3.05, 3.63) is 0 Å². The Morgan fingerprint density at radius 2 is 1.97 bits per heavy atom. The Morgan fingerprint density at radius 1 is 1.29 bits per heavy atom. The summed E-state index contributed by atoms with van der Waals surface area (Å²) in [6.07, 6.45) is -3.83. The van der Waals surface area contributed by atoms with E-state index in [2.05, 4.69) is 15.2 Å². The average molecular weight is 569 g/mol. The fourth-order valence-electron chi connectivity index (χ4n) is 4.53. The molecule has 0 aromatic heterocycles. The van der Waals surface area contributed by atoms with Crippen LogP contribution in [0.15, 0.2) is 0 Å². The van der Waals surface area contributed by atoms with E-state index in [4.69, 9.17) is 26.1 Å². The van der Waals surface area contributed by atoms with E-state index in [1.54, 1.807) is 13.2 Å². The number of carbonyl (C=O) groups excluding carboxylic acids is 1. The number of halogens is 3. The molecule has 2 aliphatic heterocycles. The zero-order chi connectivity index (χ0) is 26.3. The highest BCUT2D eigenvalue weighted by Crippen LogP contribution is 2.43. The molecule has 10 nitrogen and oxygen atoms in total. The molecule has 2 saturated heterocycles. The fourth-order valence-corrected chi connectivity index (χ4v) is 6.09. The normalized spacial score (nSPS) is 34.3. The molecule has 2 heterocycles. The Hall–Kier alpha value is -0.0800. The zero-order valence-electron chi connectivity index (χ0n) is 19.6. The maximum Gasteiger partial charge on any atom is 0.470 e. The molecule has 0 bridgehead atoms. The second-order valence-corrected chi connectivity index (χ2v) is 11.8. The fraction of sp³-hybridized carbons (Fsp3) is 0.950. The van der Waals surface area contributed by atoms with Gasteiger partial charge in [0.2, 0.25) is 12.3 Å². The summed E-state index contributed by atoms with van der Waals surface area (Å²) < 4.78 is 46.5. The Morgan fingerprint density at radius 3 is 2.54 bits per heavy atom. The van der Waals surface area contributed by atoms with Crippen LogP contribution < -0.4 is 10.6 Å². The molecule has 15 heteroatoms. The molecule has 2 aliphatic rings. The van der Waals surface area contributed by atoms with Gasteiger partial charge in [-0.25, -0.2) is 13.3 Å². The van der Waals surface area contributed by atoms with Crippen molar-refractivity contribution in [2.24, 2.45) is 5.92 Å². The zero-order valence-corrected chi connectivity index (χ0v) is 22.1. The Labute approximate surface area is 213 Å². The molecule has 0 spiro atoms. The number of aliphatic hydroxyl groups is 2. The molecule has 206 valence electrons. The van der Waals surface area contributed by atoms with Gasteiger partial charge in [0, 0.05) is 6.42 Å². The summed E-state index contributed by atoms with van der Waals surface area (Å²) in [4.78, 5) is 31.3. The minimum Gasteiger partial charge on any atom is -0.388 e. The van der Waals surface area contributed by atoms with Crippen molar-refractivity contribution in [2.75, 3.05) is 12.8 Å². The van der Waals surface area contributed by atoms with E-state index < -0.39 is 61.6 Å². The monoisotopic (exact) mass is 568 g/mol. The van der Waals surface area contributed by atoms with Gasteiger partial charge in [0.15, 0.2) is 0 Å². The van der Waals surface area contributed by atoms with Crippen LogP contribution in [0.4, 0.5) is 8.78 Å². The van der Waals surface area contributed by atoms with Crippen LogP contribution in [0.2, 0.25) is 0 Å². The molecule has 0 aliphatic carbocycles. The first-order valence-corrected chi connectivity index (χ1v) is 14.8. The van der Waals surface area contributed by atoms with Gasteiger partial charge in [-0.05, 0) is 51.3 Å². The first-order valence-electron chi connectivity index (χ1n) is 11.6. The molecule has 9 atom stereocenters. The molecule has 35 heavy (non-hydrogen) atoms. The Balaban J connectivity index is 2.03. The number of nitrogens with one attached hydrogen (secondary N) is 2. The third kappa shape index (κ3) is 9.63. The van der Waals surface area contributed by atoms with Crippen LogP contribution in [0.1, 0.15) is 45.4 Å². The van der Waals surface area contributed by atoms with E-state index in [0.29, 0.717) is 32.2 Å². The van der Waals surface area contributed by atoms with Gasteiger partial charge >= 0.3 is 7.82 Å². The van der Waals surface area contributed by atoms with Crippen molar-refractivity contribution in [2.45, 2.75) is 99.2 Å². The van der Waals surface area contributed by atoms with Crippen molar-refractivity contribution < 1.29 is 47.4 Å². The summed E-state index contributed by atoms with van der Waals surface area (Å²) in [6, 6.07) is -1.49. The minimum atomic E-state index is -4.98.